The van der Waals surface area contributed by atoms with Crippen molar-refractivity contribution >= 4 is 39.0 Å². The van der Waals surface area contributed by atoms with E-state index in [1.165, 1.54) is 33.4 Å². The molecule has 236 valence electrons. The molecule has 0 aliphatic heterocycles. The summed E-state index contributed by atoms with van der Waals surface area (Å²) < 4.78 is 6.39. The molecule has 2 nitrogen and oxygen atoms in total. The Morgan fingerprint density at radius 3 is 1.50 bits per heavy atom. The predicted octanol–water partition coefficient (Wildman–Crippen LogP) is 13.7. The standard InChI is InChI=1S/C48H33NO/c1-3-13-34(14-4-1)37-17-11-18-38(31-37)36-25-27-41(28-26-36)49(42-29-30-45-44-22-8-10-24-47(44)50-48(45)33-42)46-23-9-7-21-43(46)40-20-12-19-39(32-40)35-15-5-2-6-16-35/h1-33H. The molecule has 9 rings (SSSR count). The van der Waals surface area contributed by atoms with E-state index in [4.69, 9.17) is 4.42 Å². The van der Waals surface area contributed by atoms with Crippen LogP contribution >= 0.6 is 0 Å². The second-order valence-electron chi connectivity index (χ2n) is 12.6. The molecule has 0 radical (unpaired) electrons. The van der Waals surface area contributed by atoms with Crippen LogP contribution < -0.4 is 4.90 Å². The minimum absolute atomic E-state index is 0.867. The van der Waals surface area contributed by atoms with Crippen molar-refractivity contribution in [3.63, 3.8) is 0 Å². The number of rotatable bonds is 7. The third-order valence-corrected chi connectivity index (χ3v) is 9.47. The van der Waals surface area contributed by atoms with Crippen LogP contribution in [0.1, 0.15) is 0 Å². The van der Waals surface area contributed by atoms with Gasteiger partial charge in [0.15, 0.2) is 0 Å². The van der Waals surface area contributed by atoms with E-state index in [1.807, 2.05) is 12.1 Å². The zero-order valence-electron chi connectivity index (χ0n) is 27.4. The molecule has 0 spiro atoms. The van der Waals surface area contributed by atoms with Crippen molar-refractivity contribution < 1.29 is 4.42 Å². The molecule has 1 heterocycles. The van der Waals surface area contributed by atoms with Gasteiger partial charge in [-0.05, 0) is 87.5 Å². The molecular formula is C48H33NO. The smallest absolute Gasteiger partial charge is 0.137 e. The first-order valence-corrected chi connectivity index (χ1v) is 17.0. The van der Waals surface area contributed by atoms with Crippen molar-refractivity contribution in [1.29, 1.82) is 0 Å². The van der Waals surface area contributed by atoms with Crippen LogP contribution in [0.15, 0.2) is 205 Å². The van der Waals surface area contributed by atoms with Crippen molar-refractivity contribution in [2.45, 2.75) is 0 Å². The van der Waals surface area contributed by atoms with Crippen molar-refractivity contribution in [3.05, 3.63) is 200 Å². The number of fused-ring (bicyclic) bond motifs is 3. The number of anilines is 3. The fourth-order valence-corrected chi connectivity index (χ4v) is 7.00. The number of furan rings is 1. The van der Waals surface area contributed by atoms with E-state index >= 15 is 0 Å². The predicted molar refractivity (Wildman–Crippen MR) is 210 cm³/mol. The van der Waals surface area contributed by atoms with Gasteiger partial charge in [-0.1, -0.05) is 146 Å². The maximum absolute atomic E-state index is 6.39. The summed E-state index contributed by atoms with van der Waals surface area (Å²) in [5.74, 6) is 0. The van der Waals surface area contributed by atoms with Crippen LogP contribution in [0.4, 0.5) is 17.1 Å². The van der Waals surface area contributed by atoms with Gasteiger partial charge >= 0.3 is 0 Å². The van der Waals surface area contributed by atoms with Gasteiger partial charge < -0.3 is 9.32 Å². The first-order valence-electron chi connectivity index (χ1n) is 17.0. The highest BCUT2D eigenvalue weighted by molar-refractivity contribution is 6.06. The van der Waals surface area contributed by atoms with E-state index in [-0.39, 0.29) is 0 Å². The van der Waals surface area contributed by atoms with E-state index in [2.05, 4.69) is 193 Å². The zero-order valence-corrected chi connectivity index (χ0v) is 27.4. The quantitative estimate of drug-likeness (QED) is 0.173. The maximum Gasteiger partial charge on any atom is 0.137 e. The van der Waals surface area contributed by atoms with E-state index in [9.17, 15) is 0 Å². The Bertz CT molecular complexity index is 2580. The van der Waals surface area contributed by atoms with Gasteiger partial charge in [0.2, 0.25) is 0 Å². The Kier molecular flexibility index (Phi) is 7.53. The second-order valence-corrected chi connectivity index (χ2v) is 12.6. The molecular weight excluding hydrogens is 607 g/mol. The van der Waals surface area contributed by atoms with Crippen LogP contribution in [-0.4, -0.2) is 0 Å². The Hall–Kier alpha value is -6.64. The average molecular weight is 640 g/mol. The number of nitrogens with zero attached hydrogens (tertiary/aromatic N) is 1. The maximum atomic E-state index is 6.39. The van der Waals surface area contributed by atoms with Gasteiger partial charge in [0.05, 0.1) is 5.69 Å². The molecule has 0 unspecified atom stereocenters. The van der Waals surface area contributed by atoms with Gasteiger partial charge in [0.1, 0.15) is 11.2 Å². The first-order chi connectivity index (χ1) is 24.8. The molecule has 0 fully saturated rings. The molecule has 0 bridgehead atoms. The molecule has 1 aromatic heterocycles. The highest BCUT2D eigenvalue weighted by atomic mass is 16.3. The van der Waals surface area contributed by atoms with Crippen molar-refractivity contribution in [3.8, 4) is 44.5 Å². The summed E-state index contributed by atoms with van der Waals surface area (Å²) in [6, 6.07) is 71.1. The number of hydrogen-bond donors (Lipinski definition) is 0. The van der Waals surface area contributed by atoms with E-state index < -0.39 is 0 Å². The summed E-state index contributed by atoms with van der Waals surface area (Å²) in [4.78, 5) is 2.35. The Morgan fingerprint density at radius 1 is 0.300 bits per heavy atom. The topological polar surface area (TPSA) is 16.4 Å². The largest absolute Gasteiger partial charge is 0.456 e. The number of benzene rings is 8. The Labute approximate surface area is 292 Å². The average Bonchev–Trinajstić information content (AvgIpc) is 3.57. The van der Waals surface area contributed by atoms with Crippen LogP contribution in [0.5, 0.6) is 0 Å². The molecule has 0 saturated carbocycles. The molecule has 0 amide bonds. The van der Waals surface area contributed by atoms with Crippen molar-refractivity contribution in [1.82, 2.24) is 0 Å². The van der Waals surface area contributed by atoms with Crippen molar-refractivity contribution in [2.75, 3.05) is 4.90 Å². The molecule has 50 heavy (non-hydrogen) atoms. The van der Waals surface area contributed by atoms with Crippen LogP contribution in [-0.2, 0) is 0 Å². The van der Waals surface area contributed by atoms with Crippen LogP contribution in [0.2, 0.25) is 0 Å². The lowest BCUT2D eigenvalue weighted by molar-refractivity contribution is 0.669. The SMILES string of the molecule is c1ccc(-c2cccc(-c3ccc(N(c4ccc5c(c4)oc4ccccc45)c4ccccc4-c4cccc(-c5ccccc5)c4)cc3)c2)cc1. The summed E-state index contributed by atoms with van der Waals surface area (Å²) in [7, 11) is 0. The van der Waals surface area contributed by atoms with Gasteiger partial charge in [0, 0.05) is 33.8 Å². The molecule has 0 saturated heterocycles. The van der Waals surface area contributed by atoms with Gasteiger partial charge in [0.25, 0.3) is 0 Å². The number of hydrogen-bond acceptors (Lipinski definition) is 2. The second kappa shape index (κ2) is 12.8. The summed E-state index contributed by atoms with van der Waals surface area (Å²) >= 11 is 0. The minimum atomic E-state index is 0.867. The monoisotopic (exact) mass is 639 g/mol. The van der Waals surface area contributed by atoms with Crippen LogP contribution in [0.3, 0.4) is 0 Å². The Morgan fingerprint density at radius 2 is 0.800 bits per heavy atom. The van der Waals surface area contributed by atoms with E-state index in [0.29, 0.717) is 0 Å². The molecule has 0 N–H and O–H groups in total. The molecule has 9 aromatic rings. The summed E-state index contributed by atoms with van der Waals surface area (Å²) in [6.45, 7) is 0. The van der Waals surface area contributed by atoms with Gasteiger partial charge in [-0.3, -0.25) is 0 Å². The lowest BCUT2D eigenvalue weighted by Crippen LogP contribution is -2.11. The molecule has 2 heteroatoms. The molecule has 8 aromatic carbocycles. The van der Waals surface area contributed by atoms with Crippen molar-refractivity contribution in [2.24, 2.45) is 0 Å². The highest BCUT2D eigenvalue weighted by Crippen LogP contribution is 2.43. The highest BCUT2D eigenvalue weighted by Gasteiger charge is 2.19. The summed E-state index contributed by atoms with van der Waals surface area (Å²) in [5.41, 5.74) is 14.4. The minimum Gasteiger partial charge on any atom is -0.456 e. The normalized spacial score (nSPS) is 11.2. The lowest BCUT2D eigenvalue weighted by Gasteiger charge is -2.28. The first kappa shape index (κ1) is 29.5. The van der Waals surface area contributed by atoms with Gasteiger partial charge in [-0.2, -0.15) is 0 Å². The fraction of sp³-hybridized carbons (Fsp3) is 0. The third-order valence-electron chi connectivity index (χ3n) is 9.47. The van der Waals surface area contributed by atoms with Gasteiger partial charge in [-0.15, -0.1) is 0 Å². The molecule has 0 aliphatic rings. The van der Waals surface area contributed by atoms with Crippen LogP contribution in [0.25, 0.3) is 66.4 Å². The molecule has 0 atom stereocenters. The fourth-order valence-electron chi connectivity index (χ4n) is 7.00. The number of para-hydroxylation sites is 2. The van der Waals surface area contributed by atoms with Crippen LogP contribution in [0, 0.1) is 0 Å². The lowest BCUT2D eigenvalue weighted by atomic mass is 9.96. The zero-order chi connectivity index (χ0) is 33.3. The Balaban J connectivity index is 1.18. The third kappa shape index (κ3) is 5.53. The van der Waals surface area contributed by atoms with E-state index in [0.717, 1.165) is 50.1 Å². The summed E-state index contributed by atoms with van der Waals surface area (Å²) in [6.07, 6.45) is 0. The van der Waals surface area contributed by atoms with Gasteiger partial charge in [-0.25, -0.2) is 0 Å². The molecule has 0 aliphatic carbocycles. The van der Waals surface area contributed by atoms with E-state index in [1.54, 1.807) is 0 Å². The summed E-state index contributed by atoms with van der Waals surface area (Å²) in [5, 5.41) is 2.24.